The van der Waals surface area contributed by atoms with Crippen molar-refractivity contribution in [2.75, 3.05) is 11.9 Å². The predicted molar refractivity (Wildman–Crippen MR) is 84.6 cm³/mol. The number of aromatic nitrogens is 3. The third-order valence-corrected chi connectivity index (χ3v) is 3.98. The lowest BCUT2D eigenvalue weighted by Crippen LogP contribution is -2.09. The van der Waals surface area contributed by atoms with Crippen LogP contribution in [0.1, 0.15) is 55.4 Å². The first-order chi connectivity index (χ1) is 10.3. The van der Waals surface area contributed by atoms with Crippen LogP contribution in [0.3, 0.4) is 0 Å². The van der Waals surface area contributed by atoms with E-state index >= 15 is 0 Å². The standard InChI is InChI=1S/C17H22N4/c1-3-9-18-16-11-14(20-15(4-2)21-16)13-8-7-12-6-5-10-19-17(12)13/h5-6,10-11,13H,3-4,7-9H2,1-2H3,(H,18,20,21). The number of nitrogens with zero attached hydrogens (tertiary/aromatic N) is 3. The Bertz CT molecular complexity index is 624. The molecule has 2 aromatic heterocycles. The molecule has 110 valence electrons. The molecule has 1 N–H and O–H groups in total. The Kier molecular flexibility index (Phi) is 4.13. The van der Waals surface area contributed by atoms with Gasteiger partial charge in [0, 0.05) is 31.1 Å². The summed E-state index contributed by atoms with van der Waals surface area (Å²) >= 11 is 0. The summed E-state index contributed by atoms with van der Waals surface area (Å²) in [7, 11) is 0. The maximum atomic E-state index is 4.75. The van der Waals surface area contributed by atoms with Crippen LogP contribution in [-0.2, 0) is 12.8 Å². The topological polar surface area (TPSA) is 50.7 Å². The summed E-state index contributed by atoms with van der Waals surface area (Å²) < 4.78 is 0. The molecule has 0 aliphatic heterocycles. The number of hydrogen-bond donors (Lipinski definition) is 1. The van der Waals surface area contributed by atoms with Gasteiger partial charge in [0.2, 0.25) is 0 Å². The van der Waals surface area contributed by atoms with Crippen molar-refractivity contribution in [3.8, 4) is 0 Å². The Morgan fingerprint density at radius 2 is 2.19 bits per heavy atom. The molecule has 0 aromatic carbocycles. The molecular weight excluding hydrogens is 260 g/mol. The normalized spacial score (nSPS) is 16.8. The zero-order chi connectivity index (χ0) is 14.7. The molecule has 1 unspecified atom stereocenters. The van der Waals surface area contributed by atoms with E-state index in [9.17, 15) is 0 Å². The number of rotatable bonds is 5. The zero-order valence-corrected chi connectivity index (χ0v) is 12.8. The molecule has 1 aliphatic rings. The predicted octanol–water partition coefficient (Wildman–Crippen LogP) is 3.33. The monoisotopic (exact) mass is 282 g/mol. The highest BCUT2D eigenvalue weighted by molar-refractivity contribution is 5.42. The maximum absolute atomic E-state index is 4.75. The molecule has 2 aromatic rings. The van der Waals surface area contributed by atoms with Crippen LogP contribution in [0.25, 0.3) is 0 Å². The second kappa shape index (κ2) is 6.20. The Labute approximate surface area is 126 Å². The summed E-state index contributed by atoms with van der Waals surface area (Å²) in [6, 6.07) is 6.30. The van der Waals surface area contributed by atoms with E-state index in [-0.39, 0.29) is 0 Å². The molecule has 4 heteroatoms. The van der Waals surface area contributed by atoms with E-state index in [0.717, 1.165) is 49.6 Å². The van der Waals surface area contributed by atoms with Crippen molar-refractivity contribution in [1.29, 1.82) is 0 Å². The molecule has 4 nitrogen and oxygen atoms in total. The summed E-state index contributed by atoms with van der Waals surface area (Å²) in [5, 5.41) is 3.39. The first-order valence-electron chi connectivity index (χ1n) is 7.87. The Balaban J connectivity index is 1.95. The number of hydrogen-bond acceptors (Lipinski definition) is 4. The summed E-state index contributed by atoms with van der Waals surface area (Å²) in [6.07, 6.45) is 6.02. The molecule has 2 heterocycles. The van der Waals surface area contributed by atoms with Crippen molar-refractivity contribution in [3.05, 3.63) is 47.2 Å². The van der Waals surface area contributed by atoms with E-state index in [4.69, 9.17) is 4.98 Å². The van der Waals surface area contributed by atoms with Crippen molar-refractivity contribution in [3.63, 3.8) is 0 Å². The van der Waals surface area contributed by atoms with Crippen LogP contribution in [0, 0.1) is 0 Å². The Morgan fingerprint density at radius 3 is 3.00 bits per heavy atom. The van der Waals surface area contributed by atoms with Gasteiger partial charge in [0.1, 0.15) is 11.6 Å². The molecule has 0 bridgehead atoms. The van der Waals surface area contributed by atoms with E-state index in [1.54, 1.807) is 0 Å². The van der Waals surface area contributed by atoms with Crippen LogP contribution in [0.15, 0.2) is 24.4 Å². The van der Waals surface area contributed by atoms with Gasteiger partial charge in [-0.25, -0.2) is 9.97 Å². The second-order valence-corrected chi connectivity index (χ2v) is 5.51. The average molecular weight is 282 g/mol. The van der Waals surface area contributed by atoms with Gasteiger partial charge < -0.3 is 5.32 Å². The first-order valence-corrected chi connectivity index (χ1v) is 7.87. The molecule has 0 saturated heterocycles. The number of nitrogens with one attached hydrogen (secondary N) is 1. The quantitative estimate of drug-likeness (QED) is 0.914. The van der Waals surface area contributed by atoms with E-state index < -0.39 is 0 Å². The number of pyridine rings is 1. The molecule has 21 heavy (non-hydrogen) atoms. The van der Waals surface area contributed by atoms with Gasteiger partial charge in [0.05, 0.1) is 11.4 Å². The summed E-state index contributed by atoms with van der Waals surface area (Å²) in [5.74, 6) is 2.18. The average Bonchev–Trinajstić information content (AvgIpc) is 2.96. The Morgan fingerprint density at radius 1 is 1.29 bits per heavy atom. The van der Waals surface area contributed by atoms with E-state index in [1.807, 2.05) is 12.3 Å². The highest BCUT2D eigenvalue weighted by atomic mass is 15.0. The highest BCUT2D eigenvalue weighted by Crippen LogP contribution is 2.36. The minimum absolute atomic E-state index is 0.316. The van der Waals surface area contributed by atoms with Gasteiger partial charge in [-0.3, -0.25) is 4.98 Å². The van der Waals surface area contributed by atoms with Crippen LogP contribution in [0.5, 0.6) is 0 Å². The minimum atomic E-state index is 0.316. The van der Waals surface area contributed by atoms with Gasteiger partial charge in [0.25, 0.3) is 0 Å². The van der Waals surface area contributed by atoms with Crippen molar-refractivity contribution in [2.45, 2.75) is 45.4 Å². The SMILES string of the molecule is CCCNc1cc(C2CCc3cccnc32)nc(CC)n1. The third-order valence-electron chi connectivity index (χ3n) is 3.98. The van der Waals surface area contributed by atoms with Gasteiger partial charge in [0.15, 0.2) is 0 Å². The lowest BCUT2D eigenvalue weighted by Gasteiger charge is -2.13. The van der Waals surface area contributed by atoms with E-state index in [2.05, 4.69) is 41.3 Å². The van der Waals surface area contributed by atoms with Gasteiger partial charge in [-0.2, -0.15) is 0 Å². The van der Waals surface area contributed by atoms with Crippen LogP contribution in [-0.4, -0.2) is 21.5 Å². The largest absolute Gasteiger partial charge is 0.370 e. The van der Waals surface area contributed by atoms with Gasteiger partial charge in [-0.05, 0) is 30.9 Å². The number of anilines is 1. The van der Waals surface area contributed by atoms with Gasteiger partial charge >= 0.3 is 0 Å². The smallest absolute Gasteiger partial charge is 0.130 e. The fourth-order valence-electron chi connectivity index (χ4n) is 2.90. The summed E-state index contributed by atoms with van der Waals surface area (Å²) in [5.41, 5.74) is 3.67. The molecule has 0 saturated carbocycles. The summed E-state index contributed by atoms with van der Waals surface area (Å²) in [4.78, 5) is 13.9. The maximum Gasteiger partial charge on any atom is 0.130 e. The molecule has 0 fully saturated rings. The lowest BCUT2D eigenvalue weighted by molar-refractivity contribution is 0.729. The van der Waals surface area contributed by atoms with Crippen LogP contribution >= 0.6 is 0 Å². The first kappa shape index (κ1) is 14.0. The van der Waals surface area contributed by atoms with Gasteiger partial charge in [-0.1, -0.05) is 19.9 Å². The fourth-order valence-corrected chi connectivity index (χ4v) is 2.90. The van der Waals surface area contributed by atoms with Crippen LogP contribution < -0.4 is 5.32 Å². The van der Waals surface area contributed by atoms with Crippen molar-refractivity contribution < 1.29 is 0 Å². The molecule has 1 atom stereocenters. The van der Waals surface area contributed by atoms with Gasteiger partial charge in [-0.15, -0.1) is 0 Å². The molecule has 0 spiro atoms. The minimum Gasteiger partial charge on any atom is -0.370 e. The number of aryl methyl sites for hydroxylation is 2. The van der Waals surface area contributed by atoms with Crippen LogP contribution in [0.2, 0.25) is 0 Å². The van der Waals surface area contributed by atoms with E-state index in [1.165, 1.54) is 11.3 Å². The van der Waals surface area contributed by atoms with Crippen LogP contribution in [0.4, 0.5) is 5.82 Å². The molecule has 3 rings (SSSR count). The molecule has 1 aliphatic carbocycles. The molecule has 0 radical (unpaired) electrons. The number of fused-ring (bicyclic) bond motifs is 1. The van der Waals surface area contributed by atoms with Crippen molar-refractivity contribution in [2.24, 2.45) is 0 Å². The summed E-state index contributed by atoms with van der Waals surface area (Å²) in [6.45, 7) is 5.20. The Hall–Kier alpha value is -1.97. The van der Waals surface area contributed by atoms with E-state index in [0.29, 0.717) is 5.92 Å². The van der Waals surface area contributed by atoms with Crippen molar-refractivity contribution in [1.82, 2.24) is 15.0 Å². The van der Waals surface area contributed by atoms with Crippen molar-refractivity contribution >= 4 is 5.82 Å². The molecule has 0 amide bonds. The lowest BCUT2D eigenvalue weighted by atomic mass is 10.0. The second-order valence-electron chi connectivity index (χ2n) is 5.51. The zero-order valence-electron chi connectivity index (χ0n) is 12.8. The highest BCUT2D eigenvalue weighted by Gasteiger charge is 2.26. The third kappa shape index (κ3) is 2.89. The molecular formula is C17H22N4. The fraction of sp³-hybridized carbons (Fsp3) is 0.471.